The number of carbonyl (C=O) groups is 1. The van der Waals surface area contributed by atoms with Gasteiger partial charge in [0.15, 0.2) is 0 Å². The smallest absolute Gasteiger partial charge is 0.224 e. The molecule has 0 bridgehead atoms. The second-order valence-electron chi connectivity index (χ2n) is 5.41. The van der Waals surface area contributed by atoms with E-state index in [0.717, 1.165) is 11.8 Å². The fourth-order valence-corrected chi connectivity index (χ4v) is 2.86. The Labute approximate surface area is 119 Å². The third-order valence-electron chi connectivity index (χ3n) is 2.60. The lowest BCUT2D eigenvalue weighted by Crippen LogP contribution is -2.51. The van der Waals surface area contributed by atoms with E-state index in [9.17, 15) is 13.2 Å². The quantitative estimate of drug-likeness (QED) is 0.656. The minimum absolute atomic E-state index is 0.168. The molecule has 20 heavy (non-hydrogen) atoms. The number of amides is 1. The van der Waals surface area contributed by atoms with Crippen LogP contribution in [0.5, 0.6) is 0 Å². The maximum Gasteiger partial charge on any atom is 0.224 e. The van der Waals surface area contributed by atoms with Gasteiger partial charge in [0.05, 0.1) is 12.7 Å². The summed E-state index contributed by atoms with van der Waals surface area (Å²) in [6.07, 6.45) is 1.25. The lowest BCUT2D eigenvalue weighted by atomic mass is 10.1. The van der Waals surface area contributed by atoms with Crippen LogP contribution in [-0.2, 0) is 21.2 Å². The Bertz CT molecular complexity index is 582. The first-order chi connectivity index (χ1) is 9.09. The molecule has 0 aliphatic carbocycles. The molecule has 0 fully saturated rings. The predicted molar refractivity (Wildman–Crippen MR) is 79.6 cm³/mol. The summed E-state index contributed by atoms with van der Waals surface area (Å²) in [6, 6.07) is 7.14. The number of hydrogen-bond acceptors (Lipinski definition) is 4. The number of para-hydroxylation sites is 1. The number of benzene rings is 1. The van der Waals surface area contributed by atoms with Gasteiger partial charge in [-0.3, -0.25) is 4.79 Å². The number of carbonyl (C=O) groups excluding carboxylic acids is 1. The molecular weight excluding hydrogens is 278 g/mol. The summed E-state index contributed by atoms with van der Waals surface area (Å²) < 4.78 is 24.8. The first-order valence-corrected chi connectivity index (χ1v) is 8.07. The van der Waals surface area contributed by atoms with E-state index in [0.29, 0.717) is 5.69 Å². The van der Waals surface area contributed by atoms with Gasteiger partial charge in [0.2, 0.25) is 15.9 Å². The van der Waals surface area contributed by atoms with Gasteiger partial charge >= 0.3 is 0 Å². The van der Waals surface area contributed by atoms with Gasteiger partial charge < -0.3 is 11.1 Å². The van der Waals surface area contributed by atoms with Crippen LogP contribution in [0.3, 0.4) is 0 Å². The molecule has 0 aliphatic rings. The van der Waals surface area contributed by atoms with Gasteiger partial charge in [-0.1, -0.05) is 18.2 Å². The minimum atomic E-state index is -3.32. The summed E-state index contributed by atoms with van der Waals surface area (Å²) in [6.45, 7) is 3.60. The van der Waals surface area contributed by atoms with Crippen LogP contribution in [-0.4, -0.2) is 32.7 Å². The van der Waals surface area contributed by atoms with E-state index < -0.39 is 15.6 Å². The molecular formula is C13H21N3O3S. The van der Waals surface area contributed by atoms with Gasteiger partial charge in [-0.15, -0.1) is 0 Å². The summed E-state index contributed by atoms with van der Waals surface area (Å²) in [5.41, 5.74) is 6.33. The van der Waals surface area contributed by atoms with Crippen molar-refractivity contribution in [3.8, 4) is 0 Å². The maximum absolute atomic E-state index is 11.8. The first kappa shape index (κ1) is 16.5. The zero-order chi connectivity index (χ0) is 15.4. The average molecular weight is 299 g/mol. The molecule has 1 aromatic carbocycles. The van der Waals surface area contributed by atoms with E-state index in [-0.39, 0.29) is 18.9 Å². The normalized spacial score (nSPS) is 12.2. The van der Waals surface area contributed by atoms with Crippen molar-refractivity contribution in [3.63, 3.8) is 0 Å². The van der Waals surface area contributed by atoms with Crippen LogP contribution in [0.25, 0.3) is 0 Å². The van der Waals surface area contributed by atoms with E-state index in [2.05, 4.69) is 10.0 Å². The molecule has 0 atom stereocenters. The molecule has 0 saturated heterocycles. The molecule has 6 nitrogen and oxygen atoms in total. The Kier molecular flexibility index (Phi) is 5.13. The highest BCUT2D eigenvalue weighted by Crippen LogP contribution is 2.11. The Morgan fingerprint density at radius 2 is 1.90 bits per heavy atom. The highest BCUT2D eigenvalue weighted by atomic mass is 32.2. The summed E-state index contributed by atoms with van der Waals surface area (Å²) >= 11 is 0. The molecule has 0 aromatic heterocycles. The number of sulfonamides is 1. The highest BCUT2D eigenvalue weighted by Gasteiger charge is 2.22. The Morgan fingerprint density at radius 1 is 1.30 bits per heavy atom. The second-order valence-corrected chi connectivity index (χ2v) is 7.16. The maximum atomic E-state index is 11.8. The van der Waals surface area contributed by atoms with Crippen molar-refractivity contribution in [1.29, 1.82) is 0 Å². The molecule has 7 heteroatoms. The van der Waals surface area contributed by atoms with Crippen LogP contribution in [0.4, 0.5) is 5.69 Å². The third kappa shape index (κ3) is 6.03. The van der Waals surface area contributed by atoms with Gasteiger partial charge in [0.1, 0.15) is 0 Å². The average Bonchev–Trinajstić information content (AvgIpc) is 2.27. The minimum Gasteiger partial charge on any atom is -0.398 e. The van der Waals surface area contributed by atoms with Crippen LogP contribution in [0.1, 0.15) is 19.4 Å². The SMILES string of the molecule is CC(C)(CNC(=O)Cc1ccccc1N)NS(C)(=O)=O. The molecule has 0 unspecified atom stereocenters. The third-order valence-corrected chi connectivity index (χ3v) is 3.52. The topological polar surface area (TPSA) is 101 Å². The van der Waals surface area contributed by atoms with Crippen LogP contribution in [0, 0.1) is 0 Å². The Balaban J connectivity index is 2.54. The Hall–Kier alpha value is -1.60. The van der Waals surface area contributed by atoms with E-state index in [4.69, 9.17) is 5.73 Å². The van der Waals surface area contributed by atoms with E-state index in [1.807, 2.05) is 6.07 Å². The first-order valence-electron chi connectivity index (χ1n) is 6.18. The number of nitrogens with two attached hydrogens (primary N) is 1. The zero-order valence-corrected chi connectivity index (χ0v) is 12.8. The summed E-state index contributed by atoms with van der Waals surface area (Å²) in [5.74, 6) is -0.203. The lowest BCUT2D eigenvalue weighted by Gasteiger charge is -2.25. The van der Waals surface area contributed by atoms with Gasteiger partial charge in [-0.05, 0) is 25.5 Å². The molecule has 1 rings (SSSR count). The van der Waals surface area contributed by atoms with Crippen LogP contribution in [0.2, 0.25) is 0 Å². The number of anilines is 1. The highest BCUT2D eigenvalue weighted by molar-refractivity contribution is 7.88. The Morgan fingerprint density at radius 3 is 2.45 bits per heavy atom. The van der Waals surface area contributed by atoms with Crippen molar-refractivity contribution in [1.82, 2.24) is 10.0 Å². The molecule has 1 aromatic rings. The van der Waals surface area contributed by atoms with Gasteiger partial charge in [-0.2, -0.15) is 0 Å². The summed E-state index contributed by atoms with van der Waals surface area (Å²) in [4.78, 5) is 11.8. The molecule has 0 heterocycles. The number of hydrogen-bond donors (Lipinski definition) is 3. The second kappa shape index (κ2) is 6.23. The van der Waals surface area contributed by atoms with Crippen molar-refractivity contribution < 1.29 is 13.2 Å². The van der Waals surface area contributed by atoms with Crippen molar-refractivity contribution in [2.24, 2.45) is 0 Å². The van der Waals surface area contributed by atoms with Gasteiger partial charge in [-0.25, -0.2) is 13.1 Å². The van der Waals surface area contributed by atoms with E-state index in [1.54, 1.807) is 32.0 Å². The summed E-state index contributed by atoms with van der Waals surface area (Å²) in [7, 11) is -3.32. The van der Waals surface area contributed by atoms with Crippen molar-refractivity contribution in [2.75, 3.05) is 18.5 Å². The summed E-state index contributed by atoms with van der Waals surface area (Å²) in [5, 5.41) is 2.70. The molecule has 0 aliphatic heterocycles. The monoisotopic (exact) mass is 299 g/mol. The van der Waals surface area contributed by atoms with Crippen LogP contribution < -0.4 is 15.8 Å². The van der Waals surface area contributed by atoms with Crippen molar-refractivity contribution >= 4 is 21.6 Å². The molecule has 1 amide bonds. The van der Waals surface area contributed by atoms with E-state index >= 15 is 0 Å². The lowest BCUT2D eigenvalue weighted by molar-refractivity contribution is -0.120. The predicted octanol–water partition coefficient (Wildman–Crippen LogP) is 0.255. The van der Waals surface area contributed by atoms with E-state index in [1.165, 1.54) is 0 Å². The van der Waals surface area contributed by atoms with Gasteiger partial charge in [0, 0.05) is 17.8 Å². The van der Waals surface area contributed by atoms with Crippen molar-refractivity contribution in [2.45, 2.75) is 25.8 Å². The zero-order valence-electron chi connectivity index (χ0n) is 11.9. The number of nitrogen functional groups attached to an aromatic ring is 1. The number of rotatable bonds is 6. The van der Waals surface area contributed by atoms with Crippen LogP contribution >= 0.6 is 0 Å². The fourth-order valence-electron chi connectivity index (χ4n) is 1.79. The molecule has 0 spiro atoms. The molecule has 0 radical (unpaired) electrons. The largest absolute Gasteiger partial charge is 0.398 e. The fraction of sp³-hybridized carbons (Fsp3) is 0.462. The van der Waals surface area contributed by atoms with Gasteiger partial charge in [0.25, 0.3) is 0 Å². The molecule has 0 saturated carbocycles. The van der Waals surface area contributed by atoms with Crippen LogP contribution in [0.15, 0.2) is 24.3 Å². The standard InChI is InChI=1S/C13H21N3O3S/c1-13(2,16-20(3,18)19)9-15-12(17)8-10-6-4-5-7-11(10)14/h4-7,16H,8-9,14H2,1-3H3,(H,15,17). The van der Waals surface area contributed by atoms with Crippen molar-refractivity contribution in [3.05, 3.63) is 29.8 Å². The molecule has 112 valence electrons. The number of nitrogens with one attached hydrogen (secondary N) is 2. The molecule has 4 N–H and O–H groups in total.